The maximum absolute atomic E-state index is 12.9. The number of benzene rings is 1. The summed E-state index contributed by atoms with van der Waals surface area (Å²) in [5.41, 5.74) is 6.11. The van der Waals surface area contributed by atoms with E-state index in [-0.39, 0.29) is 13.2 Å². The summed E-state index contributed by atoms with van der Waals surface area (Å²) in [6, 6.07) is 7.19. The van der Waals surface area contributed by atoms with Gasteiger partial charge in [0.25, 0.3) is 5.91 Å². The average Bonchev–Trinajstić information content (AvgIpc) is 3.17. The van der Waals surface area contributed by atoms with Gasteiger partial charge in [-0.2, -0.15) is 10.2 Å². The van der Waals surface area contributed by atoms with E-state index in [2.05, 4.69) is 15.5 Å². The van der Waals surface area contributed by atoms with Crippen LogP contribution in [-0.4, -0.2) is 50.1 Å². The highest BCUT2D eigenvalue weighted by Crippen LogP contribution is 2.25. The highest BCUT2D eigenvalue weighted by Gasteiger charge is 2.46. The van der Waals surface area contributed by atoms with Crippen molar-refractivity contribution in [1.29, 1.82) is 0 Å². The highest BCUT2D eigenvalue weighted by atomic mass is 16.5. The van der Waals surface area contributed by atoms with Crippen LogP contribution >= 0.6 is 0 Å². The number of primary amides is 1. The topological polar surface area (TPSA) is 126 Å². The van der Waals surface area contributed by atoms with Crippen LogP contribution in [0.2, 0.25) is 0 Å². The minimum atomic E-state index is -1.18. The summed E-state index contributed by atoms with van der Waals surface area (Å²) in [6.45, 7) is 0.456. The Kier molecular flexibility index (Phi) is 4.27. The molecule has 0 aliphatic carbocycles. The molecule has 4 rings (SSSR count). The Morgan fingerprint density at radius 3 is 2.68 bits per heavy atom. The third-order valence-electron chi connectivity index (χ3n) is 4.85. The lowest BCUT2D eigenvalue weighted by atomic mass is 9.96. The number of fused-ring (bicyclic) bond motifs is 1. The predicted molar refractivity (Wildman–Crippen MR) is 98.5 cm³/mol. The van der Waals surface area contributed by atoms with Crippen LogP contribution in [0.4, 0.5) is 0 Å². The summed E-state index contributed by atoms with van der Waals surface area (Å²) in [6.07, 6.45) is 1.70. The van der Waals surface area contributed by atoms with Crippen LogP contribution in [0, 0.1) is 0 Å². The largest absolute Gasteiger partial charge is 0.487 e. The number of nitrogens with zero attached hydrogens (tertiary/aromatic N) is 4. The first-order chi connectivity index (χ1) is 13.4. The Bertz CT molecular complexity index is 1070. The van der Waals surface area contributed by atoms with E-state index >= 15 is 0 Å². The summed E-state index contributed by atoms with van der Waals surface area (Å²) in [5.74, 6) is -0.484. The molecule has 146 valence electrons. The third-order valence-corrected chi connectivity index (χ3v) is 4.85. The number of nitrogens with two attached hydrogens (primary N) is 1. The van der Waals surface area contributed by atoms with Gasteiger partial charge in [0.1, 0.15) is 18.1 Å². The van der Waals surface area contributed by atoms with Gasteiger partial charge in [0.05, 0.1) is 24.4 Å². The Morgan fingerprint density at radius 2 is 2.07 bits per heavy atom. The van der Waals surface area contributed by atoms with E-state index in [4.69, 9.17) is 15.2 Å². The van der Waals surface area contributed by atoms with Crippen LogP contribution in [-0.2, 0) is 30.2 Å². The van der Waals surface area contributed by atoms with E-state index in [0.29, 0.717) is 29.0 Å². The SMILES string of the molecule is Cn1nccc1COc1ccc2nn(C)c(C(=O)NC3(C(N)=O)COC3)c2c1. The van der Waals surface area contributed by atoms with Crippen LogP contribution in [0.15, 0.2) is 30.5 Å². The van der Waals surface area contributed by atoms with Crippen molar-refractivity contribution >= 4 is 22.7 Å². The van der Waals surface area contributed by atoms with E-state index in [1.807, 2.05) is 13.1 Å². The second-order valence-electron chi connectivity index (χ2n) is 6.78. The molecule has 3 N–H and O–H groups in total. The zero-order chi connectivity index (χ0) is 19.9. The number of aryl methyl sites for hydroxylation is 2. The number of aromatic nitrogens is 4. The number of rotatable bonds is 6. The number of nitrogens with one attached hydrogen (secondary N) is 1. The quantitative estimate of drug-likeness (QED) is 0.610. The molecule has 2 aromatic heterocycles. The summed E-state index contributed by atoms with van der Waals surface area (Å²) >= 11 is 0. The molecule has 1 fully saturated rings. The molecule has 0 bridgehead atoms. The summed E-state index contributed by atoms with van der Waals surface area (Å²) < 4.78 is 14.1. The zero-order valence-corrected chi connectivity index (χ0v) is 15.5. The fraction of sp³-hybridized carbons (Fsp3) is 0.333. The number of ether oxygens (including phenoxy) is 2. The zero-order valence-electron chi connectivity index (χ0n) is 15.5. The molecule has 10 nitrogen and oxygen atoms in total. The van der Waals surface area contributed by atoms with Gasteiger partial charge in [0.15, 0.2) is 5.54 Å². The van der Waals surface area contributed by atoms with Gasteiger partial charge in [-0.1, -0.05) is 0 Å². The molecule has 2 amide bonds. The second kappa shape index (κ2) is 6.64. The molecule has 0 saturated carbocycles. The molecule has 28 heavy (non-hydrogen) atoms. The molecular weight excluding hydrogens is 364 g/mol. The van der Waals surface area contributed by atoms with Crippen LogP contribution in [0.25, 0.3) is 10.9 Å². The monoisotopic (exact) mass is 384 g/mol. The molecule has 1 aliphatic heterocycles. The third kappa shape index (κ3) is 2.97. The molecule has 1 aromatic carbocycles. The molecule has 1 aliphatic rings. The highest BCUT2D eigenvalue weighted by molar-refractivity contribution is 6.07. The van der Waals surface area contributed by atoms with E-state index in [9.17, 15) is 9.59 Å². The van der Waals surface area contributed by atoms with Gasteiger partial charge < -0.3 is 20.5 Å². The first-order valence-corrected chi connectivity index (χ1v) is 8.66. The lowest BCUT2D eigenvalue weighted by Gasteiger charge is -2.38. The minimum Gasteiger partial charge on any atom is -0.487 e. The first-order valence-electron chi connectivity index (χ1n) is 8.66. The molecule has 0 spiro atoms. The number of carbonyl (C=O) groups excluding carboxylic acids is 2. The molecule has 1 saturated heterocycles. The Morgan fingerprint density at radius 1 is 1.29 bits per heavy atom. The Balaban J connectivity index is 1.61. The van der Waals surface area contributed by atoms with Crippen molar-refractivity contribution in [2.24, 2.45) is 19.8 Å². The minimum absolute atomic E-state index is 0.0585. The van der Waals surface area contributed by atoms with Crippen molar-refractivity contribution < 1.29 is 19.1 Å². The Hall–Kier alpha value is -3.40. The van der Waals surface area contributed by atoms with Gasteiger partial charge in [0, 0.05) is 25.7 Å². The lowest BCUT2D eigenvalue weighted by molar-refractivity contribution is -0.143. The summed E-state index contributed by atoms with van der Waals surface area (Å²) in [4.78, 5) is 24.6. The van der Waals surface area contributed by atoms with Crippen molar-refractivity contribution in [3.05, 3.63) is 41.9 Å². The molecule has 0 unspecified atom stereocenters. The first kappa shape index (κ1) is 18.0. The van der Waals surface area contributed by atoms with Crippen LogP contribution < -0.4 is 15.8 Å². The van der Waals surface area contributed by atoms with Crippen molar-refractivity contribution in [3.63, 3.8) is 0 Å². The Labute approximate surface area is 160 Å². The summed E-state index contributed by atoms with van der Waals surface area (Å²) in [5, 5.41) is 11.8. The molecule has 0 radical (unpaired) electrons. The van der Waals surface area contributed by atoms with Gasteiger partial charge >= 0.3 is 0 Å². The van der Waals surface area contributed by atoms with Gasteiger partial charge in [0.2, 0.25) is 5.91 Å². The lowest BCUT2D eigenvalue weighted by Crippen LogP contribution is -2.69. The van der Waals surface area contributed by atoms with Crippen LogP contribution in [0.3, 0.4) is 0 Å². The normalized spacial score (nSPS) is 15.2. The van der Waals surface area contributed by atoms with Gasteiger partial charge in [-0.15, -0.1) is 0 Å². The predicted octanol–water partition coefficient (Wildman–Crippen LogP) is -0.130. The van der Waals surface area contributed by atoms with E-state index in [1.54, 1.807) is 36.1 Å². The molecule has 0 atom stereocenters. The number of hydrogen-bond acceptors (Lipinski definition) is 6. The average molecular weight is 384 g/mol. The number of hydrogen-bond donors (Lipinski definition) is 2. The van der Waals surface area contributed by atoms with Crippen molar-refractivity contribution in [2.75, 3.05) is 13.2 Å². The standard InChI is InChI=1S/C18H20N6O4/c1-23-11(5-6-20-23)8-28-12-3-4-14-13(7-12)15(24(2)22-14)16(25)21-18(17(19)26)9-27-10-18/h3-7H,8-10H2,1-2H3,(H2,19,26)(H,21,25). The molecule has 3 heterocycles. The fourth-order valence-corrected chi connectivity index (χ4v) is 3.10. The maximum Gasteiger partial charge on any atom is 0.271 e. The van der Waals surface area contributed by atoms with Gasteiger partial charge in [-0.3, -0.25) is 19.0 Å². The van der Waals surface area contributed by atoms with Crippen molar-refractivity contribution in [3.8, 4) is 5.75 Å². The van der Waals surface area contributed by atoms with Gasteiger partial charge in [-0.05, 0) is 24.3 Å². The second-order valence-corrected chi connectivity index (χ2v) is 6.78. The van der Waals surface area contributed by atoms with E-state index in [0.717, 1.165) is 5.69 Å². The van der Waals surface area contributed by atoms with Crippen LogP contribution in [0.5, 0.6) is 5.75 Å². The van der Waals surface area contributed by atoms with Crippen molar-refractivity contribution in [2.45, 2.75) is 12.1 Å². The van der Waals surface area contributed by atoms with Gasteiger partial charge in [-0.25, -0.2) is 0 Å². The smallest absolute Gasteiger partial charge is 0.271 e. The molecular formula is C18H20N6O4. The van der Waals surface area contributed by atoms with E-state index in [1.165, 1.54) is 4.68 Å². The maximum atomic E-state index is 12.9. The molecule has 10 heteroatoms. The fourth-order valence-electron chi connectivity index (χ4n) is 3.10. The number of amides is 2. The van der Waals surface area contributed by atoms with Crippen molar-refractivity contribution in [1.82, 2.24) is 24.9 Å². The summed E-state index contributed by atoms with van der Waals surface area (Å²) in [7, 11) is 3.50. The number of carbonyl (C=O) groups is 2. The van der Waals surface area contributed by atoms with E-state index < -0.39 is 17.4 Å². The molecule has 3 aromatic rings. The van der Waals surface area contributed by atoms with Crippen LogP contribution in [0.1, 0.15) is 16.2 Å².